The van der Waals surface area contributed by atoms with Crippen LogP contribution in [0, 0.1) is 0 Å². The largest absolute Gasteiger partial charge is 0.456 e. The first-order valence-electron chi connectivity index (χ1n) is 19.8. The number of nitrogens with zero attached hydrogens (tertiary/aromatic N) is 1. The summed E-state index contributed by atoms with van der Waals surface area (Å²) in [5.74, 6) is 0. The Labute approximate surface area is 337 Å². The van der Waals surface area contributed by atoms with Crippen LogP contribution in [0.2, 0.25) is 0 Å². The quantitative estimate of drug-likeness (QED) is 0.162. The third-order valence-corrected chi connectivity index (χ3v) is 11.5. The zero-order chi connectivity index (χ0) is 38.4. The highest BCUT2D eigenvalue weighted by atomic mass is 16.3. The van der Waals surface area contributed by atoms with Gasteiger partial charge in [0.2, 0.25) is 0 Å². The first-order valence-corrected chi connectivity index (χ1v) is 19.8. The Morgan fingerprint density at radius 3 is 1.66 bits per heavy atom. The fraction of sp³-hybridized carbons (Fsp3) is 0. The molecule has 0 N–H and O–H groups in total. The molecule has 272 valence electrons. The SMILES string of the molecule is c1cc(-c2ccc(N(c3ccc(-c4cccc5ccccc45)cc3)c3ccccc3-c3ccc4c(c3)oc3ccccc34)cc2)cc(-c2ccc3ccccc3c2)c1. The van der Waals surface area contributed by atoms with Gasteiger partial charge < -0.3 is 9.32 Å². The van der Waals surface area contributed by atoms with Gasteiger partial charge in [0.25, 0.3) is 0 Å². The number of benzene rings is 10. The number of furan rings is 1. The maximum Gasteiger partial charge on any atom is 0.136 e. The molecule has 0 amide bonds. The summed E-state index contributed by atoms with van der Waals surface area (Å²) in [5, 5.41) is 7.25. The summed E-state index contributed by atoms with van der Waals surface area (Å²) >= 11 is 0. The van der Waals surface area contributed by atoms with E-state index in [4.69, 9.17) is 4.42 Å². The van der Waals surface area contributed by atoms with E-state index in [2.05, 4.69) is 217 Å². The Kier molecular flexibility index (Phi) is 8.19. The Balaban J connectivity index is 1.01. The predicted octanol–water partition coefficient (Wildman–Crippen LogP) is 16.0. The Morgan fingerprint density at radius 2 is 0.828 bits per heavy atom. The molecule has 0 aliphatic carbocycles. The van der Waals surface area contributed by atoms with Crippen molar-refractivity contribution in [1.82, 2.24) is 0 Å². The van der Waals surface area contributed by atoms with Crippen molar-refractivity contribution in [3.63, 3.8) is 0 Å². The van der Waals surface area contributed by atoms with Crippen LogP contribution in [0.3, 0.4) is 0 Å². The van der Waals surface area contributed by atoms with Gasteiger partial charge in [-0.05, 0) is 121 Å². The topological polar surface area (TPSA) is 16.4 Å². The van der Waals surface area contributed by atoms with Crippen molar-refractivity contribution in [1.29, 1.82) is 0 Å². The first-order chi connectivity index (χ1) is 28.7. The Bertz CT molecular complexity index is 3280. The van der Waals surface area contributed by atoms with Crippen molar-refractivity contribution in [3.8, 4) is 44.5 Å². The molecule has 0 bridgehead atoms. The van der Waals surface area contributed by atoms with E-state index in [-0.39, 0.29) is 0 Å². The number of anilines is 3. The van der Waals surface area contributed by atoms with Crippen LogP contribution >= 0.6 is 0 Å². The molecule has 0 aliphatic heterocycles. The second kappa shape index (κ2) is 14.1. The van der Waals surface area contributed by atoms with E-state index in [0.29, 0.717) is 0 Å². The summed E-state index contributed by atoms with van der Waals surface area (Å²) in [6, 6.07) is 80.8. The molecular formula is C56H37NO. The van der Waals surface area contributed by atoms with Gasteiger partial charge in [-0.15, -0.1) is 0 Å². The summed E-state index contributed by atoms with van der Waals surface area (Å²) in [4.78, 5) is 2.38. The standard InChI is InChI=1S/C56H37NO/c1-2-13-42-36-45(24-23-38(42)11-1)44-16-9-15-43(35-44)39-25-30-47(31-26-39)57(48-32-27-41(28-33-48)50-20-10-14-40-12-3-4-17-49(40)50)54-21-7-5-18-51(54)46-29-34-53-52-19-6-8-22-55(52)58-56(53)37-46/h1-37H. The molecule has 0 spiro atoms. The lowest BCUT2D eigenvalue weighted by molar-refractivity contribution is 0.669. The summed E-state index contributed by atoms with van der Waals surface area (Å²) in [6.07, 6.45) is 0. The Hall–Kier alpha value is -7.68. The van der Waals surface area contributed by atoms with Gasteiger partial charge >= 0.3 is 0 Å². The summed E-state index contributed by atoms with van der Waals surface area (Å²) in [6.45, 7) is 0. The van der Waals surface area contributed by atoms with Crippen LogP contribution in [0.25, 0.3) is 88.0 Å². The van der Waals surface area contributed by atoms with E-state index < -0.39 is 0 Å². The van der Waals surface area contributed by atoms with Crippen LogP contribution in [-0.4, -0.2) is 0 Å². The van der Waals surface area contributed by atoms with E-state index in [1.807, 2.05) is 12.1 Å². The molecular weight excluding hydrogens is 703 g/mol. The minimum absolute atomic E-state index is 0.884. The normalized spacial score (nSPS) is 11.4. The minimum Gasteiger partial charge on any atom is -0.456 e. The average Bonchev–Trinajstić information content (AvgIpc) is 3.67. The van der Waals surface area contributed by atoms with Gasteiger partial charge in [-0.1, -0.05) is 164 Å². The average molecular weight is 740 g/mol. The molecule has 1 aromatic heterocycles. The van der Waals surface area contributed by atoms with Crippen LogP contribution in [-0.2, 0) is 0 Å². The third-order valence-electron chi connectivity index (χ3n) is 11.5. The smallest absolute Gasteiger partial charge is 0.136 e. The molecule has 10 aromatic carbocycles. The minimum atomic E-state index is 0.884. The number of fused-ring (bicyclic) bond motifs is 5. The summed E-state index contributed by atoms with van der Waals surface area (Å²) in [5.41, 5.74) is 14.4. The molecule has 1 heterocycles. The molecule has 0 radical (unpaired) electrons. The van der Waals surface area contributed by atoms with Crippen LogP contribution in [0.5, 0.6) is 0 Å². The van der Waals surface area contributed by atoms with E-state index >= 15 is 0 Å². The first kappa shape index (κ1) is 33.6. The molecule has 2 heteroatoms. The highest BCUT2D eigenvalue weighted by molar-refractivity contribution is 6.06. The molecule has 11 rings (SSSR count). The van der Waals surface area contributed by atoms with Crippen molar-refractivity contribution in [3.05, 3.63) is 224 Å². The highest BCUT2D eigenvalue weighted by Crippen LogP contribution is 2.43. The monoisotopic (exact) mass is 739 g/mol. The molecule has 58 heavy (non-hydrogen) atoms. The van der Waals surface area contributed by atoms with Crippen molar-refractivity contribution in [2.45, 2.75) is 0 Å². The fourth-order valence-electron chi connectivity index (χ4n) is 8.55. The second-order valence-corrected chi connectivity index (χ2v) is 14.9. The molecule has 11 aromatic rings. The fourth-order valence-corrected chi connectivity index (χ4v) is 8.55. The van der Waals surface area contributed by atoms with Gasteiger partial charge in [0, 0.05) is 27.7 Å². The van der Waals surface area contributed by atoms with E-state index in [9.17, 15) is 0 Å². The maximum absolute atomic E-state index is 6.37. The number of rotatable bonds is 7. The lowest BCUT2D eigenvalue weighted by atomic mass is 9.96. The molecule has 0 fully saturated rings. The van der Waals surface area contributed by atoms with Crippen molar-refractivity contribution >= 4 is 60.5 Å². The van der Waals surface area contributed by atoms with Crippen LogP contribution in [0.4, 0.5) is 17.1 Å². The lowest BCUT2D eigenvalue weighted by Gasteiger charge is -2.28. The Morgan fingerprint density at radius 1 is 0.276 bits per heavy atom. The van der Waals surface area contributed by atoms with Crippen LogP contribution in [0.1, 0.15) is 0 Å². The molecule has 0 saturated carbocycles. The number of hydrogen-bond acceptors (Lipinski definition) is 2. The van der Waals surface area contributed by atoms with Crippen molar-refractivity contribution < 1.29 is 4.42 Å². The lowest BCUT2D eigenvalue weighted by Crippen LogP contribution is -2.11. The highest BCUT2D eigenvalue weighted by Gasteiger charge is 2.19. The molecule has 0 atom stereocenters. The molecule has 2 nitrogen and oxygen atoms in total. The molecule has 0 saturated heterocycles. The maximum atomic E-state index is 6.37. The van der Waals surface area contributed by atoms with Crippen LogP contribution < -0.4 is 4.90 Å². The van der Waals surface area contributed by atoms with Crippen molar-refractivity contribution in [2.75, 3.05) is 4.90 Å². The van der Waals surface area contributed by atoms with Crippen LogP contribution in [0.15, 0.2) is 229 Å². The van der Waals surface area contributed by atoms with Crippen molar-refractivity contribution in [2.24, 2.45) is 0 Å². The third kappa shape index (κ3) is 6.00. The number of hydrogen-bond donors (Lipinski definition) is 0. The zero-order valence-corrected chi connectivity index (χ0v) is 31.7. The molecule has 0 aliphatic rings. The van der Waals surface area contributed by atoms with Gasteiger partial charge in [-0.25, -0.2) is 0 Å². The molecule has 0 unspecified atom stereocenters. The second-order valence-electron chi connectivity index (χ2n) is 14.9. The zero-order valence-electron chi connectivity index (χ0n) is 31.7. The summed E-state index contributed by atoms with van der Waals surface area (Å²) < 4.78 is 6.37. The predicted molar refractivity (Wildman–Crippen MR) is 245 cm³/mol. The van der Waals surface area contributed by atoms with Gasteiger partial charge in [0.1, 0.15) is 11.2 Å². The number of para-hydroxylation sites is 2. The van der Waals surface area contributed by atoms with Gasteiger partial charge in [0.05, 0.1) is 5.69 Å². The van der Waals surface area contributed by atoms with Gasteiger partial charge in [-0.2, -0.15) is 0 Å². The van der Waals surface area contributed by atoms with E-state index in [0.717, 1.165) is 50.1 Å². The van der Waals surface area contributed by atoms with E-state index in [1.165, 1.54) is 54.9 Å². The van der Waals surface area contributed by atoms with Gasteiger partial charge in [0.15, 0.2) is 0 Å². The van der Waals surface area contributed by atoms with E-state index in [1.54, 1.807) is 0 Å². The van der Waals surface area contributed by atoms with Gasteiger partial charge in [-0.3, -0.25) is 0 Å². The summed E-state index contributed by atoms with van der Waals surface area (Å²) in [7, 11) is 0.